The van der Waals surface area contributed by atoms with E-state index in [1.165, 1.54) is 0 Å². The van der Waals surface area contributed by atoms with Crippen LogP contribution >= 0.6 is 11.8 Å². The maximum Gasteiger partial charge on any atom is 0.0900 e. The fourth-order valence-electron chi connectivity index (χ4n) is 1.32. The summed E-state index contributed by atoms with van der Waals surface area (Å²) in [6.45, 7) is -0.0590. The van der Waals surface area contributed by atoms with Crippen molar-refractivity contribution < 1.29 is 5.11 Å². The van der Waals surface area contributed by atoms with Gasteiger partial charge in [-0.3, -0.25) is 0 Å². The minimum Gasteiger partial charge on any atom is -0.390 e. The maximum atomic E-state index is 9.09. The Labute approximate surface area is 91.9 Å². The van der Waals surface area contributed by atoms with E-state index in [4.69, 9.17) is 5.11 Å². The Kier molecular flexibility index (Phi) is 3.03. The highest BCUT2D eigenvalue weighted by Gasteiger charge is 2.04. The van der Waals surface area contributed by atoms with Crippen LogP contribution in [0.2, 0.25) is 0 Å². The summed E-state index contributed by atoms with van der Waals surface area (Å²) >= 11 is 1.67. The molecule has 4 nitrogen and oxygen atoms in total. The molecule has 0 bridgehead atoms. The minimum atomic E-state index is -0.0590. The molecular formula is C10H11N3OS. The Balaban J connectivity index is 2.44. The number of aliphatic hydroxyl groups excluding tert-OH is 1. The molecule has 0 fully saturated rings. The second-order valence-corrected chi connectivity index (χ2v) is 3.88. The Morgan fingerprint density at radius 3 is 3.07 bits per heavy atom. The average molecular weight is 221 g/mol. The zero-order valence-corrected chi connectivity index (χ0v) is 9.11. The standard InChI is InChI=1S/C10H11N3OS/c1-15-10-4-2-3-8(5-10)13-9(7-14)6-11-12-13/h2-6,14H,7H2,1H3. The van der Waals surface area contributed by atoms with Crippen LogP contribution in [0.1, 0.15) is 5.69 Å². The number of aromatic nitrogens is 3. The van der Waals surface area contributed by atoms with Gasteiger partial charge in [0.2, 0.25) is 0 Å². The molecule has 2 rings (SSSR count). The molecule has 5 heteroatoms. The normalized spacial score (nSPS) is 10.5. The van der Waals surface area contributed by atoms with Crippen molar-refractivity contribution in [3.8, 4) is 5.69 Å². The molecule has 78 valence electrons. The van der Waals surface area contributed by atoms with Crippen molar-refractivity contribution in [1.29, 1.82) is 0 Å². The minimum absolute atomic E-state index is 0.0590. The molecule has 0 atom stereocenters. The number of nitrogens with zero attached hydrogens (tertiary/aromatic N) is 3. The lowest BCUT2D eigenvalue weighted by atomic mass is 10.3. The maximum absolute atomic E-state index is 9.09. The summed E-state index contributed by atoms with van der Waals surface area (Å²) in [6, 6.07) is 7.94. The molecule has 0 aliphatic carbocycles. The van der Waals surface area contributed by atoms with Crippen LogP contribution in [0.15, 0.2) is 35.4 Å². The third-order valence-corrected chi connectivity index (χ3v) is 2.81. The topological polar surface area (TPSA) is 50.9 Å². The van der Waals surface area contributed by atoms with E-state index < -0.39 is 0 Å². The molecular weight excluding hydrogens is 210 g/mol. The van der Waals surface area contributed by atoms with Gasteiger partial charge in [-0.15, -0.1) is 16.9 Å². The lowest BCUT2D eigenvalue weighted by molar-refractivity contribution is 0.273. The Bertz CT molecular complexity index is 455. The molecule has 1 N–H and O–H groups in total. The fraction of sp³-hybridized carbons (Fsp3) is 0.200. The van der Waals surface area contributed by atoms with Gasteiger partial charge in [0.05, 0.1) is 24.2 Å². The fourth-order valence-corrected chi connectivity index (χ4v) is 1.78. The zero-order valence-electron chi connectivity index (χ0n) is 8.29. The van der Waals surface area contributed by atoms with Crippen molar-refractivity contribution in [3.05, 3.63) is 36.2 Å². The van der Waals surface area contributed by atoms with E-state index in [1.807, 2.05) is 30.5 Å². The summed E-state index contributed by atoms with van der Waals surface area (Å²) in [4.78, 5) is 1.16. The largest absolute Gasteiger partial charge is 0.390 e. The number of thioether (sulfide) groups is 1. The first kappa shape index (κ1) is 10.2. The highest BCUT2D eigenvalue weighted by Crippen LogP contribution is 2.18. The van der Waals surface area contributed by atoms with E-state index in [0.29, 0.717) is 5.69 Å². The van der Waals surface area contributed by atoms with Gasteiger partial charge in [-0.1, -0.05) is 11.3 Å². The van der Waals surface area contributed by atoms with Gasteiger partial charge < -0.3 is 5.11 Å². The van der Waals surface area contributed by atoms with Gasteiger partial charge in [0.15, 0.2) is 0 Å². The summed E-state index contributed by atoms with van der Waals surface area (Å²) in [6.07, 6.45) is 3.58. The highest BCUT2D eigenvalue weighted by molar-refractivity contribution is 7.98. The smallest absolute Gasteiger partial charge is 0.0900 e. The first-order valence-corrected chi connectivity index (χ1v) is 5.72. The molecule has 1 aromatic carbocycles. The summed E-state index contributed by atoms with van der Waals surface area (Å²) in [5, 5.41) is 16.8. The quantitative estimate of drug-likeness (QED) is 0.798. The lowest BCUT2D eigenvalue weighted by Gasteiger charge is -2.05. The Morgan fingerprint density at radius 2 is 2.33 bits per heavy atom. The monoisotopic (exact) mass is 221 g/mol. The van der Waals surface area contributed by atoms with Crippen LogP contribution in [0.5, 0.6) is 0 Å². The van der Waals surface area contributed by atoms with Crippen LogP contribution in [0.4, 0.5) is 0 Å². The van der Waals surface area contributed by atoms with Crippen LogP contribution < -0.4 is 0 Å². The Hall–Kier alpha value is -1.33. The molecule has 15 heavy (non-hydrogen) atoms. The number of hydrogen-bond acceptors (Lipinski definition) is 4. The molecule has 0 aliphatic heterocycles. The van der Waals surface area contributed by atoms with Gasteiger partial charge in [0.1, 0.15) is 0 Å². The Morgan fingerprint density at radius 1 is 1.47 bits per heavy atom. The van der Waals surface area contributed by atoms with Crippen molar-refractivity contribution in [2.75, 3.05) is 6.26 Å². The molecule has 0 spiro atoms. The van der Waals surface area contributed by atoms with Crippen LogP contribution in [0.3, 0.4) is 0 Å². The number of aliphatic hydroxyl groups is 1. The van der Waals surface area contributed by atoms with Gasteiger partial charge >= 0.3 is 0 Å². The molecule has 0 saturated carbocycles. The summed E-state index contributed by atoms with van der Waals surface area (Å²) in [5.41, 5.74) is 1.61. The van der Waals surface area contributed by atoms with E-state index in [-0.39, 0.29) is 6.61 Å². The predicted molar refractivity (Wildman–Crippen MR) is 59.1 cm³/mol. The molecule has 0 radical (unpaired) electrons. The number of rotatable bonds is 3. The SMILES string of the molecule is CSc1cccc(-n2nncc2CO)c1. The molecule has 1 heterocycles. The van der Waals surface area contributed by atoms with Crippen LogP contribution in [-0.4, -0.2) is 26.4 Å². The molecule has 2 aromatic rings. The van der Waals surface area contributed by atoms with E-state index >= 15 is 0 Å². The van der Waals surface area contributed by atoms with Crippen molar-refractivity contribution in [1.82, 2.24) is 15.0 Å². The van der Waals surface area contributed by atoms with Crippen LogP contribution in [0.25, 0.3) is 5.69 Å². The number of benzene rings is 1. The van der Waals surface area contributed by atoms with Gasteiger partial charge in [0, 0.05) is 4.90 Å². The molecule has 1 aromatic heterocycles. The van der Waals surface area contributed by atoms with E-state index in [0.717, 1.165) is 10.6 Å². The first-order chi connectivity index (χ1) is 7.35. The van der Waals surface area contributed by atoms with Crippen molar-refractivity contribution in [2.45, 2.75) is 11.5 Å². The van der Waals surface area contributed by atoms with E-state index in [9.17, 15) is 0 Å². The zero-order chi connectivity index (χ0) is 10.7. The van der Waals surface area contributed by atoms with E-state index in [2.05, 4.69) is 10.3 Å². The molecule has 0 aliphatic rings. The van der Waals surface area contributed by atoms with Crippen molar-refractivity contribution >= 4 is 11.8 Å². The third-order valence-electron chi connectivity index (χ3n) is 2.08. The second kappa shape index (κ2) is 4.46. The predicted octanol–water partition coefficient (Wildman–Crippen LogP) is 1.48. The second-order valence-electron chi connectivity index (χ2n) is 3.00. The van der Waals surface area contributed by atoms with Gasteiger partial charge in [-0.2, -0.15) is 0 Å². The molecule has 0 unspecified atom stereocenters. The molecule has 0 saturated heterocycles. The summed E-state index contributed by atoms with van der Waals surface area (Å²) in [7, 11) is 0. The first-order valence-electron chi connectivity index (χ1n) is 4.50. The third kappa shape index (κ3) is 2.03. The summed E-state index contributed by atoms with van der Waals surface area (Å²) in [5.74, 6) is 0. The molecule has 0 amide bonds. The summed E-state index contributed by atoms with van der Waals surface area (Å²) < 4.78 is 1.64. The van der Waals surface area contributed by atoms with Gasteiger partial charge in [-0.05, 0) is 24.5 Å². The van der Waals surface area contributed by atoms with Gasteiger partial charge in [-0.25, -0.2) is 4.68 Å². The van der Waals surface area contributed by atoms with Crippen LogP contribution in [-0.2, 0) is 6.61 Å². The van der Waals surface area contributed by atoms with Crippen molar-refractivity contribution in [3.63, 3.8) is 0 Å². The van der Waals surface area contributed by atoms with E-state index in [1.54, 1.807) is 22.6 Å². The lowest BCUT2D eigenvalue weighted by Crippen LogP contribution is -2.01. The van der Waals surface area contributed by atoms with Crippen LogP contribution in [0, 0.1) is 0 Å². The number of hydrogen-bond donors (Lipinski definition) is 1. The average Bonchev–Trinajstić information content (AvgIpc) is 2.77. The van der Waals surface area contributed by atoms with Gasteiger partial charge in [0.25, 0.3) is 0 Å². The van der Waals surface area contributed by atoms with Crippen molar-refractivity contribution in [2.24, 2.45) is 0 Å². The highest BCUT2D eigenvalue weighted by atomic mass is 32.2.